The summed E-state index contributed by atoms with van der Waals surface area (Å²) in [7, 11) is 1.72. The highest BCUT2D eigenvalue weighted by Crippen LogP contribution is 2.34. The first-order valence-electron chi connectivity index (χ1n) is 9.35. The van der Waals surface area contributed by atoms with Crippen molar-refractivity contribution in [2.75, 3.05) is 26.7 Å². The third kappa shape index (κ3) is 3.61. The van der Waals surface area contributed by atoms with Gasteiger partial charge in [0.1, 0.15) is 11.6 Å². The van der Waals surface area contributed by atoms with Crippen molar-refractivity contribution >= 4 is 10.9 Å². The molecule has 1 N–H and O–H groups in total. The molecule has 136 valence electrons. The van der Waals surface area contributed by atoms with E-state index in [4.69, 9.17) is 4.74 Å². The van der Waals surface area contributed by atoms with Crippen LogP contribution in [0.4, 0.5) is 4.39 Å². The second-order valence-corrected chi connectivity index (χ2v) is 7.15. The predicted molar refractivity (Wildman–Crippen MR) is 103 cm³/mol. The topological polar surface area (TPSA) is 28.3 Å². The van der Waals surface area contributed by atoms with Gasteiger partial charge in [-0.05, 0) is 79.7 Å². The van der Waals surface area contributed by atoms with Gasteiger partial charge in [0.05, 0.1) is 7.11 Å². The Morgan fingerprint density at radius 3 is 2.62 bits per heavy atom. The molecular weight excluding hydrogens is 327 g/mol. The third-order valence-corrected chi connectivity index (χ3v) is 5.58. The summed E-state index contributed by atoms with van der Waals surface area (Å²) in [5.41, 5.74) is 3.80. The van der Waals surface area contributed by atoms with E-state index in [0.717, 1.165) is 31.8 Å². The molecule has 3 nitrogen and oxygen atoms in total. The van der Waals surface area contributed by atoms with Crippen molar-refractivity contribution in [1.82, 2.24) is 9.88 Å². The quantitative estimate of drug-likeness (QED) is 0.718. The molecule has 4 heteroatoms. The number of benzene rings is 2. The normalized spacial score (nSPS) is 16.2. The van der Waals surface area contributed by atoms with Crippen LogP contribution in [0.2, 0.25) is 0 Å². The molecule has 0 saturated carbocycles. The number of nitrogens with zero attached hydrogens (tertiary/aromatic N) is 1. The lowest BCUT2D eigenvalue weighted by atomic mass is 9.89. The van der Waals surface area contributed by atoms with Crippen LogP contribution < -0.4 is 4.74 Å². The molecule has 26 heavy (non-hydrogen) atoms. The Morgan fingerprint density at radius 2 is 1.88 bits per heavy atom. The average molecular weight is 352 g/mol. The molecule has 0 aliphatic carbocycles. The highest BCUT2D eigenvalue weighted by atomic mass is 19.1. The van der Waals surface area contributed by atoms with Gasteiger partial charge in [-0.3, -0.25) is 0 Å². The van der Waals surface area contributed by atoms with E-state index in [9.17, 15) is 4.39 Å². The van der Waals surface area contributed by atoms with Crippen molar-refractivity contribution in [3.8, 4) is 5.75 Å². The molecule has 1 saturated heterocycles. The number of aromatic amines is 1. The number of piperidine rings is 1. The Hall–Kier alpha value is -2.33. The van der Waals surface area contributed by atoms with E-state index >= 15 is 0 Å². The lowest BCUT2D eigenvalue weighted by Crippen LogP contribution is -2.34. The van der Waals surface area contributed by atoms with Gasteiger partial charge >= 0.3 is 0 Å². The molecule has 0 atom stereocenters. The molecule has 1 fully saturated rings. The summed E-state index contributed by atoms with van der Waals surface area (Å²) < 4.78 is 18.4. The Balaban J connectivity index is 1.37. The van der Waals surface area contributed by atoms with Gasteiger partial charge in [0, 0.05) is 23.6 Å². The predicted octanol–water partition coefficient (Wildman–Crippen LogP) is 4.74. The third-order valence-electron chi connectivity index (χ3n) is 5.58. The van der Waals surface area contributed by atoms with Crippen LogP contribution in [0.3, 0.4) is 0 Å². The fourth-order valence-corrected chi connectivity index (χ4v) is 3.99. The van der Waals surface area contributed by atoms with E-state index in [1.165, 1.54) is 34.9 Å². The number of nitrogens with one attached hydrogen (secondary N) is 1. The number of rotatable bonds is 5. The lowest BCUT2D eigenvalue weighted by Gasteiger charge is -2.32. The number of hydrogen-bond donors (Lipinski definition) is 1. The fraction of sp³-hybridized carbons (Fsp3) is 0.364. The molecule has 1 aliphatic heterocycles. The minimum Gasteiger partial charge on any atom is -0.497 e. The summed E-state index contributed by atoms with van der Waals surface area (Å²) in [5, 5.41) is 1.29. The zero-order chi connectivity index (χ0) is 17.9. The number of aromatic nitrogens is 1. The van der Waals surface area contributed by atoms with E-state index in [-0.39, 0.29) is 5.82 Å². The van der Waals surface area contributed by atoms with Crippen LogP contribution in [-0.4, -0.2) is 36.6 Å². The first kappa shape index (κ1) is 17.1. The summed E-state index contributed by atoms with van der Waals surface area (Å²) >= 11 is 0. The Labute approximate surface area is 153 Å². The van der Waals surface area contributed by atoms with Gasteiger partial charge in [0.25, 0.3) is 0 Å². The summed E-state index contributed by atoms with van der Waals surface area (Å²) in [5.74, 6) is 1.35. The summed E-state index contributed by atoms with van der Waals surface area (Å²) in [6.07, 6.45) is 5.50. The molecule has 2 aromatic carbocycles. The summed E-state index contributed by atoms with van der Waals surface area (Å²) in [4.78, 5) is 5.92. The van der Waals surface area contributed by atoms with Crippen LogP contribution in [-0.2, 0) is 6.42 Å². The lowest BCUT2D eigenvalue weighted by molar-refractivity contribution is 0.215. The minimum atomic E-state index is -0.162. The van der Waals surface area contributed by atoms with Crippen molar-refractivity contribution in [3.63, 3.8) is 0 Å². The molecule has 0 spiro atoms. The summed E-state index contributed by atoms with van der Waals surface area (Å²) in [6.45, 7) is 3.27. The molecular formula is C22H25FN2O. The molecule has 1 aromatic heterocycles. The molecule has 2 heterocycles. The van der Waals surface area contributed by atoms with Gasteiger partial charge in [-0.1, -0.05) is 12.1 Å². The van der Waals surface area contributed by atoms with Gasteiger partial charge < -0.3 is 14.6 Å². The second kappa shape index (κ2) is 7.50. The highest BCUT2D eigenvalue weighted by Gasteiger charge is 2.22. The van der Waals surface area contributed by atoms with Crippen molar-refractivity contribution in [3.05, 3.63) is 65.6 Å². The minimum absolute atomic E-state index is 0.162. The molecule has 0 amide bonds. The van der Waals surface area contributed by atoms with E-state index in [1.54, 1.807) is 19.2 Å². The van der Waals surface area contributed by atoms with Crippen LogP contribution in [0.15, 0.2) is 48.7 Å². The van der Waals surface area contributed by atoms with Crippen molar-refractivity contribution in [1.29, 1.82) is 0 Å². The zero-order valence-electron chi connectivity index (χ0n) is 15.2. The van der Waals surface area contributed by atoms with Crippen molar-refractivity contribution < 1.29 is 9.13 Å². The van der Waals surface area contributed by atoms with Gasteiger partial charge in [0.2, 0.25) is 0 Å². The molecule has 4 rings (SSSR count). The van der Waals surface area contributed by atoms with Gasteiger partial charge in [-0.25, -0.2) is 4.39 Å². The molecule has 0 unspecified atom stereocenters. The smallest absolute Gasteiger partial charge is 0.123 e. The number of H-pyrrole nitrogens is 1. The van der Waals surface area contributed by atoms with Crippen LogP contribution in [0.25, 0.3) is 10.9 Å². The molecule has 3 aromatic rings. The number of fused-ring (bicyclic) bond motifs is 1. The van der Waals surface area contributed by atoms with E-state index in [0.29, 0.717) is 5.92 Å². The van der Waals surface area contributed by atoms with Crippen LogP contribution in [0.5, 0.6) is 5.75 Å². The van der Waals surface area contributed by atoms with Crippen LogP contribution >= 0.6 is 0 Å². The number of ether oxygens (including phenoxy) is 1. The highest BCUT2D eigenvalue weighted by molar-refractivity contribution is 5.85. The molecule has 1 aliphatic rings. The van der Waals surface area contributed by atoms with Crippen LogP contribution in [0.1, 0.15) is 29.9 Å². The van der Waals surface area contributed by atoms with Crippen LogP contribution in [0, 0.1) is 5.82 Å². The van der Waals surface area contributed by atoms with Gasteiger partial charge in [-0.2, -0.15) is 0 Å². The van der Waals surface area contributed by atoms with Gasteiger partial charge in [-0.15, -0.1) is 0 Å². The first-order valence-corrected chi connectivity index (χ1v) is 9.35. The molecule has 0 radical (unpaired) electrons. The molecule has 0 bridgehead atoms. The number of likely N-dealkylation sites (tertiary alicyclic amines) is 1. The van der Waals surface area contributed by atoms with Crippen molar-refractivity contribution in [2.45, 2.75) is 25.2 Å². The maximum absolute atomic E-state index is 13.0. The largest absolute Gasteiger partial charge is 0.497 e. The monoisotopic (exact) mass is 352 g/mol. The number of methoxy groups -OCH3 is 1. The van der Waals surface area contributed by atoms with E-state index in [2.05, 4.69) is 28.2 Å². The van der Waals surface area contributed by atoms with E-state index in [1.807, 2.05) is 18.2 Å². The average Bonchev–Trinajstić information content (AvgIpc) is 3.11. The number of halogens is 1. The Bertz CT molecular complexity index is 863. The maximum Gasteiger partial charge on any atom is 0.123 e. The fourth-order valence-electron chi connectivity index (χ4n) is 3.99. The summed E-state index contributed by atoms with van der Waals surface area (Å²) in [6, 6.07) is 13.1. The second-order valence-electron chi connectivity index (χ2n) is 7.15. The zero-order valence-corrected chi connectivity index (χ0v) is 15.2. The number of hydrogen-bond acceptors (Lipinski definition) is 2. The van der Waals surface area contributed by atoms with E-state index < -0.39 is 0 Å². The Kier molecular flexibility index (Phi) is 4.93. The standard InChI is InChI=1S/C22H25FN2O/c1-26-19-6-7-22-20(14-19)21(15-24-22)17-9-12-25(13-10-17)11-8-16-2-4-18(23)5-3-16/h2-7,14-15,17,24H,8-13H2,1H3. The maximum atomic E-state index is 13.0. The van der Waals surface area contributed by atoms with Gasteiger partial charge in [0.15, 0.2) is 0 Å². The Morgan fingerprint density at radius 1 is 1.12 bits per heavy atom. The first-order chi connectivity index (χ1) is 12.7. The SMILES string of the molecule is COc1ccc2[nH]cc(C3CCN(CCc4ccc(F)cc4)CC3)c2c1. The van der Waals surface area contributed by atoms with Crippen molar-refractivity contribution in [2.24, 2.45) is 0 Å².